The molecule has 0 amide bonds. The Balaban J connectivity index is 2.99. The summed E-state index contributed by atoms with van der Waals surface area (Å²) in [7, 11) is -10.3. The van der Waals surface area contributed by atoms with Crippen LogP contribution < -0.4 is 0 Å². The van der Waals surface area contributed by atoms with Crippen molar-refractivity contribution < 1.29 is 27.0 Å². The lowest BCUT2D eigenvalue weighted by Gasteiger charge is -2.31. The molecule has 6 nitrogen and oxygen atoms in total. The molecule has 1 N–H and O–H groups in total. The topological polar surface area (TPSA) is 82.1 Å². The minimum atomic E-state index is -3.50. The summed E-state index contributed by atoms with van der Waals surface area (Å²) in [5, 5.41) is 0. The zero-order valence-electron chi connectivity index (χ0n) is 11.1. The summed E-state index contributed by atoms with van der Waals surface area (Å²) in [4.78, 5) is 10.2. The van der Waals surface area contributed by atoms with Gasteiger partial charge in [-0.2, -0.15) is 4.89 Å². The van der Waals surface area contributed by atoms with Gasteiger partial charge in [-0.05, 0) is 19.3 Å². The summed E-state index contributed by atoms with van der Waals surface area (Å²) >= 11 is 0. The molecule has 1 saturated heterocycles. The Kier molecular flexibility index (Phi) is 6.02. The van der Waals surface area contributed by atoms with E-state index < -0.39 is 23.1 Å². The predicted octanol–water partition coefficient (Wildman–Crippen LogP) is 4.42. The molecule has 1 rings (SSSR count). The molecule has 0 aromatic rings. The molecule has 2 atom stereocenters. The van der Waals surface area contributed by atoms with E-state index in [9.17, 15) is 14.0 Å². The Hall–Kier alpha value is 0.730. The average Bonchev–Trinajstić information content (AvgIpc) is 2.14. The summed E-state index contributed by atoms with van der Waals surface area (Å²) in [5.74, 6) is 0. The van der Waals surface area contributed by atoms with E-state index in [1.165, 1.54) is 0 Å². The maximum atomic E-state index is 12.4. The van der Waals surface area contributed by atoms with Gasteiger partial charge in [-0.3, -0.25) is 9.13 Å². The third-order valence-corrected chi connectivity index (χ3v) is 11.3. The van der Waals surface area contributed by atoms with Crippen molar-refractivity contribution in [2.45, 2.75) is 40.0 Å². The minimum absolute atomic E-state index is 0.149. The second-order valence-corrected chi connectivity index (χ2v) is 11.3. The Morgan fingerprint density at radius 3 is 1.72 bits per heavy atom. The third-order valence-electron chi connectivity index (χ3n) is 2.25. The van der Waals surface area contributed by atoms with Crippen molar-refractivity contribution in [3.05, 3.63) is 0 Å². The van der Waals surface area contributed by atoms with Crippen LogP contribution in [-0.2, 0) is 22.1 Å². The average molecular weight is 319 g/mol. The fraction of sp³-hybridized carbons (Fsp3) is 1.00. The van der Waals surface area contributed by atoms with Crippen LogP contribution in [0.15, 0.2) is 0 Å². The van der Waals surface area contributed by atoms with Gasteiger partial charge in [-0.15, -0.1) is 0 Å². The monoisotopic (exact) mass is 319 g/mol. The van der Waals surface area contributed by atoms with Crippen molar-refractivity contribution in [2.75, 3.05) is 18.5 Å². The largest absolute Gasteiger partial charge is 0.428 e. The molecule has 0 saturated carbocycles. The van der Waals surface area contributed by atoms with Gasteiger partial charge < -0.3 is 0 Å². The fourth-order valence-electron chi connectivity index (χ4n) is 1.70. The van der Waals surface area contributed by atoms with Crippen LogP contribution in [0.5, 0.6) is 0 Å². The molecular formula is C9H22O6P3+. The Morgan fingerprint density at radius 1 is 0.944 bits per heavy atom. The van der Waals surface area contributed by atoms with Crippen molar-refractivity contribution in [1.82, 2.24) is 0 Å². The zero-order chi connectivity index (χ0) is 13.9. The molecule has 0 bridgehead atoms. The number of rotatable bonds is 6. The Morgan fingerprint density at radius 2 is 1.39 bits per heavy atom. The summed E-state index contributed by atoms with van der Waals surface area (Å²) in [5.41, 5.74) is 0. The lowest BCUT2D eigenvalue weighted by molar-refractivity contribution is 0.254. The van der Waals surface area contributed by atoms with Gasteiger partial charge in [0.1, 0.15) is 6.16 Å². The number of hydrogen-bond donors (Lipinski definition) is 1. The molecule has 2 unspecified atom stereocenters. The van der Waals surface area contributed by atoms with Crippen molar-refractivity contribution >= 4 is 23.1 Å². The maximum Gasteiger partial charge on any atom is 0.428 e. The summed E-state index contributed by atoms with van der Waals surface area (Å²) in [6.45, 7) is 5.49. The molecular weight excluding hydrogens is 297 g/mol. The van der Waals surface area contributed by atoms with Gasteiger partial charge in [0.15, 0.2) is 0 Å². The lowest BCUT2D eigenvalue weighted by atomic mass is 10.6. The first-order valence-electron chi connectivity index (χ1n) is 6.23. The van der Waals surface area contributed by atoms with E-state index in [0.29, 0.717) is 19.3 Å². The first kappa shape index (κ1) is 16.8. The zero-order valence-corrected chi connectivity index (χ0v) is 13.8. The van der Waals surface area contributed by atoms with E-state index in [1.807, 2.05) is 20.8 Å². The Labute approximate surface area is 109 Å². The van der Waals surface area contributed by atoms with Gasteiger partial charge in [0.2, 0.25) is 0 Å². The molecule has 1 fully saturated rings. The highest BCUT2D eigenvalue weighted by Crippen LogP contribution is 2.85. The van der Waals surface area contributed by atoms with Crippen LogP contribution in [0.4, 0.5) is 0 Å². The predicted molar refractivity (Wildman–Crippen MR) is 73.1 cm³/mol. The minimum Gasteiger partial charge on any atom is -0.256 e. The Bertz CT molecular complexity index is 343. The maximum absolute atomic E-state index is 12.4. The molecule has 0 radical (unpaired) electrons. The van der Waals surface area contributed by atoms with Crippen LogP contribution in [0, 0.1) is 0 Å². The summed E-state index contributed by atoms with van der Waals surface area (Å²) < 4.78 is 40.3. The molecule has 9 heteroatoms. The van der Waals surface area contributed by atoms with Crippen molar-refractivity contribution in [1.29, 1.82) is 0 Å². The third kappa shape index (κ3) is 4.38. The van der Waals surface area contributed by atoms with Crippen LogP contribution in [0.3, 0.4) is 0 Å². The summed E-state index contributed by atoms with van der Waals surface area (Å²) in [6.07, 6.45) is 2.25. The van der Waals surface area contributed by atoms with Crippen LogP contribution in [0.2, 0.25) is 0 Å². The van der Waals surface area contributed by atoms with Gasteiger partial charge in [-0.25, -0.2) is 4.31 Å². The van der Waals surface area contributed by atoms with Crippen molar-refractivity contribution in [3.8, 4) is 0 Å². The van der Waals surface area contributed by atoms with Crippen LogP contribution in [-0.4, -0.2) is 23.4 Å². The van der Waals surface area contributed by atoms with Gasteiger partial charge in [-0.1, -0.05) is 29.4 Å². The van der Waals surface area contributed by atoms with Crippen molar-refractivity contribution in [3.63, 3.8) is 0 Å². The normalized spacial score (nSPS) is 40.9. The highest BCUT2D eigenvalue weighted by molar-refractivity contribution is 7.82. The lowest BCUT2D eigenvalue weighted by Crippen LogP contribution is -2.14. The standard InChI is InChI=1S/C9H22O6P3/c1-4-7-16(10)13-17(11,8-5-2)15-18(12,14-16)9-6-3/h10H,4-9H2,1-3H3/q+1. The van der Waals surface area contributed by atoms with Crippen molar-refractivity contribution in [2.24, 2.45) is 0 Å². The highest BCUT2D eigenvalue weighted by Gasteiger charge is 2.61. The van der Waals surface area contributed by atoms with Gasteiger partial charge >= 0.3 is 23.1 Å². The van der Waals surface area contributed by atoms with Crippen LogP contribution in [0.1, 0.15) is 40.0 Å². The molecule has 1 aliphatic heterocycles. The molecule has 1 aliphatic rings. The molecule has 1 heterocycles. The van der Waals surface area contributed by atoms with E-state index in [0.717, 1.165) is 0 Å². The summed E-state index contributed by atoms with van der Waals surface area (Å²) in [6, 6.07) is 0. The van der Waals surface area contributed by atoms with E-state index in [4.69, 9.17) is 12.9 Å². The second kappa shape index (κ2) is 6.45. The molecule has 0 aromatic carbocycles. The first-order valence-corrected chi connectivity index (χ1v) is 11.4. The molecule has 108 valence electrons. The van der Waals surface area contributed by atoms with Gasteiger partial charge in [0.05, 0.1) is 12.3 Å². The van der Waals surface area contributed by atoms with Gasteiger partial charge in [0, 0.05) is 0 Å². The smallest absolute Gasteiger partial charge is 0.256 e. The first-order chi connectivity index (χ1) is 8.30. The second-order valence-electron chi connectivity index (χ2n) is 4.28. The molecule has 18 heavy (non-hydrogen) atoms. The molecule has 0 aromatic heterocycles. The van der Waals surface area contributed by atoms with Crippen LogP contribution >= 0.6 is 23.1 Å². The van der Waals surface area contributed by atoms with Crippen LogP contribution in [0.25, 0.3) is 0 Å². The van der Waals surface area contributed by atoms with E-state index >= 15 is 0 Å². The fourth-order valence-corrected chi connectivity index (χ4v) is 11.1. The molecule has 0 aliphatic carbocycles. The van der Waals surface area contributed by atoms with E-state index in [2.05, 4.69) is 0 Å². The van der Waals surface area contributed by atoms with E-state index in [1.54, 1.807) is 0 Å². The SMILES string of the molecule is CCCP1(=O)OP(=O)(CCC)O[P+](O)(CCC)O1. The van der Waals surface area contributed by atoms with E-state index in [-0.39, 0.29) is 18.5 Å². The molecule has 0 spiro atoms. The number of hydrogen-bond acceptors (Lipinski definition) is 6. The quantitative estimate of drug-likeness (QED) is 0.730. The highest BCUT2D eigenvalue weighted by atomic mass is 31.3. The van der Waals surface area contributed by atoms with Gasteiger partial charge in [0.25, 0.3) is 0 Å².